The minimum absolute atomic E-state index is 0.143. The number of nitrogens with zero attached hydrogens (tertiary/aromatic N) is 3. The maximum absolute atomic E-state index is 12.9. The number of pyridine rings is 1. The second kappa shape index (κ2) is 9.42. The zero-order valence-electron chi connectivity index (χ0n) is 17.2. The topological polar surface area (TPSA) is 74.8 Å². The molecule has 31 heavy (non-hydrogen) atoms. The molecule has 3 heterocycles. The maximum atomic E-state index is 12.9. The van der Waals surface area contributed by atoms with Gasteiger partial charge in [-0.05, 0) is 50.1 Å². The molecule has 2 amide bonds. The van der Waals surface area contributed by atoms with Crippen LogP contribution in [-0.4, -0.2) is 48.6 Å². The summed E-state index contributed by atoms with van der Waals surface area (Å²) in [6.07, 6.45) is 3.39. The molecule has 2 aliphatic heterocycles. The highest BCUT2D eigenvalue weighted by molar-refractivity contribution is 6.36. The monoisotopic (exact) mass is 462 g/mol. The second-order valence-electron chi connectivity index (χ2n) is 7.64. The van der Waals surface area contributed by atoms with Crippen molar-refractivity contribution in [1.82, 2.24) is 10.3 Å². The molecule has 9 heteroatoms. The predicted octanol–water partition coefficient (Wildman–Crippen LogP) is 3.68. The minimum Gasteiger partial charge on any atom is -0.494 e. The third-order valence-electron chi connectivity index (χ3n) is 5.57. The van der Waals surface area contributed by atoms with Crippen molar-refractivity contribution in [3.05, 3.63) is 46.6 Å². The number of aromatic nitrogens is 1. The van der Waals surface area contributed by atoms with Gasteiger partial charge in [-0.3, -0.25) is 9.59 Å². The Balaban J connectivity index is 1.35. The van der Waals surface area contributed by atoms with Gasteiger partial charge in [-0.2, -0.15) is 0 Å². The van der Waals surface area contributed by atoms with Gasteiger partial charge < -0.3 is 15.0 Å². The van der Waals surface area contributed by atoms with Gasteiger partial charge in [0.1, 0.15) is 11.6 Å². The maximum Gasteiger partial charge on any atom is 0.251 e. The van der Waals surface area contributed by atoms with E-state index in [0.29, 0.717) is 28.1 Å². The van der Waals surface area contributed by atoms with Gasteiger partial charge in [0.25, 0.3) is 5.91 Å². The van der Waals surface area contributed by atoms with Gasteiger partial charge in [-0.15, -0.1) is 0 Å². The summed E-state index contributed by atoms with van der Waals surface area (Å²) in [6.45, 7) is 3.97. The standard InChI is InChI=1S/C22H24Cl2N4O3/c1-2-31-17-5-3-16(4-6-17)28-20(29)12-19(22(28)30)26-15-7-9-27(10-8-15)21-18(24)11-14(23)13-25-21/h3-6,11,13,15,19,26H,2,7-10,12H2,1H3. The van der Waals surface area contributed by atoms with E-state index in [1.165, 1.54) is 4.90 Å². The van der Waals surface area contributed by atoms with Crippen LogP contribution in [0.1, 0.15) is 26.2 Å². The van der Waals surface area contributed by atoms with Crippen molar-refractivity contribution in [2.24, 2.45) is 0 Å². The van der Waals surface area contributed by atoms with Crippen LogP contribution < -0.4 is 19.9 Å². The summed E-state index contributed by atoms with van der Waals surface area (Å²) in [4.78, 5) is 33.2. The Morgan fingerprint density at radius 1 is 1.16 bits per heavy atom. The van der Waals surface area contributed by atoms with Crippen LogP contribution in [0.5, 0.6) is 5.75 Å². The van der Waals surface area contributed by atoms with Crippen LogP contribution in [0.2, 0.25) is 10.0 Å². The van der Waals surface area contributed by atoms with Crippen LogP contribution in [0.4, 0.5) is 11.5 Å². The Morgan fingerprint density at radius 3 is 2.52 bits per heavy atom. The van der Waals surface area contributed by atoms with Gasteiger partial charge >= 0.3 is 0 Å². The smallest absolute Gasteiger partial charge is 0.251 e. The first-order valence-electron chi connectivity index (χ1n) is 10.4. The molecule has 1 unspecified atom stereocenters. The third-order valence-corrected chi connectivity index (χ3v) is 6.06. The highest BCUT2D eigenvalue weighted by atomic mass is 35.5. The Bertz CT molecular complexity index is 962. The lowest BCUT2D eigenvalue weighted by Gasteiger charge is -2.34. The number of rotatable bonds is 6. The van der Waals surface area contributed by atoms with E-state index < -0.39 is 6.04 Å². The Hall–Kier alpha value is -2.35. The van der Waals surface area contributed by atoms with E-state index in [1.807, 2.05) is 6.92 Å². The number of imide groups is 1. The van der Waals surface area contributed by atoms with Gasteiger partial charge in [0, 0.05) is 25.3 Å². The first kappa shape index (κ1) is 21.9. The predicted molar refractivity (Wildman–Crippen MR) is 121 cm³/mol. The Morgan fingerprint density at radius 2 is 1.87 bits per heavy atom. The number of carbonyl (C=O) groups excluding carboxylic acids is 2. The molecular formula is C22H24Cl2N4O3. The summed E-state index contributed by atoms with van der Waals surface area (Å²) in [6, 6.07) is 8.35. The molecular weight excluding hydrogens is 439 g/mol. The largest absolute Gasteiger partial charge is 0.494 e. The molecule has 1 aromatic carbocycles. The summed E-state index contributed by atoms with van der Waals surface area (Å²) in [7, 11) is 0. The van der Waals surface area contributed by atoms with E-state index in [2.05, 4.69) is 15.2 Å². The van der Waals surface area contributed by atoms with Gasteiger partial charge in [-0.1, -0.05) is 23.2 Å². The lowest BCUT2D eigenvalue weighted by atomic mass is 10.0. The summed E-state index contributed by atoms with van der Waals surface area (Å²) in [5.74, 6) is 1.03. The van der Waals surface area contributed by atoms with Crippen LogP contribution >= 0.6 is 23.2 Å². The summed E-state index contributed by atoms with van der Waals surface area (Å²) in [5.41, 5.74) is 0.570. The molecule has 0 saturated carbocycles. The van der Waals surface area contributed by atoms with Crippen molar-refractivity contribution in [2.75, 3.05) is 29.5 Å². The van der Waals surface area contributed by atoms with Crippen molar-refractivity contribution in [1.29, 1.82) is 0 Å². The average Bonchev–Trinajstić information content (AvgIpc) is 3.03. The Kier molecular flexibility index (Phi) is 6.65. The zero-order valence-corrected chi connectivity index (χ0v) is 18.7. The lowest BCUT2D eigenvalue weighted by molar-refractivity contribution is -0.121. The van der Waals surface area contributed by atoms with Crippen LogP contribution in [0, 0.1) is 0 Å². The molecule has 2 saturated heterocycles. The summed E-state index contributed by atoms with van der Waals surface area (Å²) in [5, 5.41) is 4.42. The number of ether oxygens (including phenoxy) is 1. The van der Waals surface area contributed by atoms with E-state index >= 15 is 0 Å². The Labute approximate surface area is 191 Å². The number of nitrogens with one attached hydrogen (secondary N) is 1. The fourth-order valence-electron chi connectivity index (χ4n) is 4.07. The average molecular weight is 463 g/mol. The van der Waals surface area contributed by atoms with Crippen LogP contribution in [0.25, 0.3) is 0 Å². The van der Waals surface area contributed by atoms with Gasteiger partial charge in [0.05, 0.1) is 34.8 Å². The second-order valence-corrected chi connectivity index (χ2v) is 8.48. The zero-order chi connectivity index (χ0) is 22.0. The molecule has 2 aromatic rings. The fourth-order valence-corrected chi connectivity index (χ4v) is 4.57. The normalized spacial score (nSPS) is 19.9. The first-order chi connectivity index (χ1) is 15.0. The van der Waals surface area contributed by atoms with Crippen molar-refractivity contribution in [2.45, 2.75) is 38.3 Å². The summed E-state index contributed by atoms with van der Waals surface area (Å²) >= 11 is 12.2. The fraction of sp³-hybridized carbons (Fsp3) is 0.409. The number of benzene rings is 1. The number of anilines is 2. The van der Waals surface area contributed by atoms with Crippen molar-refractivity contribution >= 4 is 46.5 Å². The highest BCUT2D eigenvalue weighted by Gasteiger charge is 2.40. The number of hydrogen-bond acceptors (Lipinski definition) is 6. The molecule has 2 aliphatic rings. The summed E-state index contributed by atoms with van der Waals surface area (Å²) < 4.78 is 5.43. The number of hydrogen-bond donors (Lipinski definition) is 1. The van der Waals surface area contributed by atoms with E-state index in [-0.39, 0.29) is 24.3 Å². The van der Waals surface area contributed by atoms with Gasteiger partial charge in [0.2, 0.25) is 5.91 Å². The molecule has 1 atom stereocenters. The molecule has 1 aromatic heterocycles. The molecule has 2 fully saturated rings. The van der Waals surface area contributed by atoms with Crippen molar-refractivity contribution in [3.8, 4) is 5.75 Å². The van der Waals surface area contributed by atoms with E-state index in [1.54, 1.807) is 36.5 Å². The number of carbonyl (C=O) groups is 2. The quantitative estimate of drug-likeness (QED) is 0.659. The van der Waals surface area contributed by atoms with Gasteiger partial charge in [-0.25, -0.2) is 9.88 Å². The molecule has 7 nitrogen and oxygen atoms in total. The number of amides is 2. The molecule has 1 N–H and O–H groups in total. The highest BCUT2D eigenvalue weighted by Crippen LogP contribution is 2.29. The van der Waals surface area contributed by atoms with E-state index in [0.717, 1.165) is 31.7 Å². The van der Waals surface area contributed by atoms with Crippen LogP contribution in [0.15, 0.2) is 36.5 Å². The molecule has 0 spiro atoms. The molecule has 4 rings (SSSR count). The van der Waals surface area contributed by atoms with Crippen LogP contribution in [0.3, 0.4) is 0 Å². The molecule has 0 radical (unpaired) electrons. The molecule has 0 bridgehead atoms. The number of piperidine rings is 1. The van der Waals surface area contributed by atoms with E-state index in [9.17, 15) is 9.59 Å². The SMILES string of the molecule is CCOc1ccc(N2C(=O)CC(NC3CCN(c4ncc(Cl)cc4Cl)CC3)C2=O)cc1. The lowest BCUT2D eigenvalue weighted by Crippen LogP contribution is -2.49. The van der Waals surface area contributed by atoms with Crippen molar-refractivity contribution in [3.63, 3.8) is 0 Å². The first-order valence-corrected chi connectivity index (χ1v) is 11.1. The van der Waals surface area contributed by atoms with Crippen LogP contribution in [-0.2, 0) is 9.59 Å². The third kappa shape index (κ3) is 4.79. The van der Waals surface area contributed by atoms with Crippen molar-refractivity contribution < 1.29 is 14.3 Å². The molecule has 0 aliphatic carbocycles. The minimum atomic E-state index is -0.507. The van der Waals surface area contributed by atoms with E-state index in [4.69, 9.17) is 27.9 Å². The number of halogens is 2. The van der Waals surface area contributed by atoms with Gasteiger partial charge in [0.15, 0.2) is 0 Å². The molecule has 164 valence electrons.